The number of carbonyl (C=O) groups excluding carboxylic acids is 1. The Morgan fingerprint density at radius 3 is 2.63 bits per heavy atom. The fourth-order valence-corrected chi connectivity index (χ4v) is 4.36. The molecule has 8 nitrogen and oxygen atoms in total. The minimum atomic E-state index is -3.71. The van der Waals surface area contributed by atoms with E-state index in [-0.39, 0.29) is 29.3 Å². The lowest BCUT2D eigenvalue weighted by atomic mass is 10.0. The molecule has 0 radical (unpaired) electrons. The zero-order valence-electron chi connectivity index (χ0n) is 15.8. The van der Waals surface area contributed by atoms with Crippen molar-refractivity contribution in [3.05, 3.63) is 42.0 Å². The van der Waals surface area contributed by atoms with Crippen molar-refractivity contribution < 1.29 is 13.2 Å². The topological polar surface area (TPSA) is 97.2 Å². The van der Waals surface area contributed by atoms with Crippen LogP contribution in [-0.2, 0) is 27.8 Å². The van der Waals surface area contributed by atoms with E-state index in [1.54, 1.807) is 18.2 Å². The lowest BCUT2D eigenvalue weighted by Crippen LogP contribution is -2.41. The number of sulfonamides is 1. The lowest BCUT2D eigenvalue weighted by molar-refractivity contribution is -0.122. The molecule has 1 aromatic carbocycles. The summed E-state index contributed by atoms with van der Waals surface area (Å²) in [6, 6.07) is 7.77. The second kappa shape index (κ2) is 7.77. The summed E-state index contributed by atoms with van der Waals surface area (Å²) in [4.78, 5) is 12.7. The average molecular weight is 391 g/mol. The first-order valence-corrected chi connectivity index (χ1v) is 10.5. The van der Waals surface area contributed by atoms with Crippen molar-refractivity contribution >= 4 is 15.9 Å². The molecule has 1 N–H and O–H groups in total. The molecule has 0 saturated heterocycles. The van der Waals surface area contributed by atoms with Crippen LogP contribution in [0.5, 0.6) is 0 Å². The van der Waals surface area contributed by atoms with Gasteiger partial charge in [-0.2, -0.15) is 4.31 Å². The summed E-state index contributed by atoms with van der Waals surface area (Å²) in [5, 5.41) is 11.4. The number of nitrogens with one attached hydrogen (secondary N) is 1. The Morgan fingerprint density at radius 1 is 1.26 bits per heavy atom. The van der Waals surface area contributed by atoms with Gasteiger partial charge in [-0.3, -0.25) is 4.79 Å². The number of rotatable bonds is 7. The molecule has 0 aliphatic carbocycles. The van der Waals surface area contributed by atoms with E-state index in [9.17, 15) is 13.2 Å². The van der Waals surface area contributed by atoms with Gasteiger partial charge in [-0.05, 0) is 24.5 Å². The van der Waals surface area contributed by atoms with Crippen molar-refractivity contribution in [2.75, 3.05) is 13.6 Å². The van der Waals surface area contributed by atoms with Gasteiger partial charge in [-0.1, -0.05) is 32.0 Å². The van der Waals surface area contributed by atoms with Gasteiger partial charge in [-0.15, -0.1) is 10.2 Å². The molecule has 27 heavy (non-hydrogen) atoms. The van der Waals surface area contributed by atoms with Crippen molar-refractivity contribution in [3.8, 4) is 0 Å². The second-order valence-electron chi connectivity index (χ2n) is 7.09. The minimum absolute atomic E-state index is 0.0962. The van der Waals surface area contributed by atoms with E-state index in [0.717, 1.165) is 35.3 Å². The molecular formula is C18H25N5O3S. The van der Waals surface area contributed by atoms with Crippen LogP contribution in [0.15, 0.2) is 35.2 Å². The fraction of sp³-hybridized carbons (Fsp3) is 0.500. The molecule has 2 aromatic rings. The Kier molecular flexibility index (Phi) is 5.61. The van der Waals surface area contributed by atoms with Gasteiger partial charge in [0.05, 0.1) is 17.5 Å². The maximum absolute atomic E-state index is 12.6. The Morgan fingerprint density at radius 2 is 1.96 bits per heavy atom. The Labute approximate surface area is 159 Å². The summed E-state index contributed by atoms with van der Waals surface area (Å²) in [5.41, 5.74) is 0. The molecule has 3 rings (SSSR count). The third-order valence-electron chi connectivity index (χ3n) is 4.72. The quantitative estimate of drug-likeness (QED) is 0.769. The second-order valence-corrected chi connectivity index (χ2v) is 9.14. The van der Waals surface area contributed by atoms with Crippen molar-refractivity contribution in [3.63, 3.8) is 0 Å². The number of hydrogen-bond acceptors (Lipinski definition) is 5. The maximum Gasteiger partial charge on any atom is 0.243 e. The number of fused-ring (bicyclic) bond motifs is 1. The van der Waals surface area contributed by atoms with Crippen molar-refractivity contribution in [1.82, 2.24) is 24.4 Å². The highest BCUT2D eigenvalue weighted by Crippen LogP contribution is 2.24. The Balaban J connectivity index is 1.71. The molecule has 0 unspecified atom stereocenters. The summed E-state index contributed by atoms with van der Waals surface area (Å²) in [7, 11) is -2.31. The highest BCUT2D eigenvalue weighted by Gasteiger charge is 2.29. The molecule has 1 atom stereocenters. The van der Waals surface area contributed by atoms with Gasteiger partial charge < -0.3 is 9.88 Å². The van der Waals surface area contributed by atoms with Crippen LogP contribution in [0.3, 0.4) is 0 Å². The Hall–Kier alpha value is -2.26. The third kappa shape index (κ3) is 4.03. The highest BCUT2D eigenvalue weighted by atomic mass is 32.2. The van der Waals surface area contributed by atoms with E-state index >= 15 is 0 Å². The Bertz CT molecular complexity index is 908. The van der Waals surface area contributed by atoms with E-state index in [0.29, 0.717) is 0 Å². The molecule has 1 aliphatic heterocycles. The molecule has 0 spiro atoms. The van der Waals surface area contributed by atoms with Gasteiger partial charge in [0.15, 0.2) is 5.82 Å². The number of carbonyl (C=O) groups is 1. The first-order valence-electron chi connectivity index (χ1n) is 9.03. The van der Waals surface area contributed by atoms with Gasteiger partial charge in [0.1, 0.15) is 5.82 Å². The molecule has 0 saturated carbocycles. The van der Waals surface area contributed by atoms with Crippen LogP contribution in [0, 0.1) is 5.92 Å². The molecule has 0 fully saturated rings. The summed E-state index contributed by atoms with van der Waals surface area (Å²) < 4.78 is 28.3. The number of hydrogen-bond donors (Lipinski definition) is 1. The molecule has 0 bridgehead atoms. The van der Waals surface area contributed by atoms with Gasteiger partial charge >= 0.3 is 0 Å². The molecule has 1 aliphatic rings. The molecule has 1 amide bonds. The standard InChI is InChI=1S/C18H25N5O3S/c1-13(2)17(18-21-20-15-10-7-11-23(15)18)19-16(24)12-22(3)27(25,26)14-8-5-4-6-9-14/h4-6,8-9,13,17H,7,10-12H2,1-3H3,(H,19,24)/t17-/m0/s1. The molecular weight excluding hydrogens is 366 g/mol. The summed E-state index contributed by atoms with van der Waals surface area (Å²) in [6.07, 6.45) is 1.92. The van der Waals surface area contributed by atoms with Crippen LogP contribution in [-0.4, -0.2) is 47.0 Å². The summed E-state index contributed by atoms with van der Waals surface area (Å²) in [5.74, 6) is 1.40. The monoisotopic (exact) mass is 391 g/mol. The molecule has 2 heterocycles. The van der Waals surface area contributed by atoms with Crippen molar-refractivity contribution in [2.45, 2.75) is 44.2 Å². The average Bonchev–Trinajstić information content (AvgIpc) is 3.24. The first kappa shape index (κ1) is 19.5. The van der Waals surface area contributed by atoms with Crippen LogP contribution >= 0.6 is 0 Å². The van der Waals surface area contributed by atoms with Crippen molar-refractivity contribution in [1.29, 1.82) is 0 Å². The third-order valence-corrected chi connectivity index (χ3v) is 6.53. The van der Waals surface area contributed by atoms with Crippen LogP contribution in [0.1, 0.15) is 38.0 Å². The van der Waals surface area contributed by atoms with E-state index in [4.69, 9.17) is 0 Å². The minimum Gasteiger partial charge on any atom is -0.345 e. The number of benzene rings is 1. The van der Waals surface area contributed by atoms with Gasteiger partial charge in [0.25, 0.3) is 0 Å². The fourth-order valence-electron chi connectivity index (χ4n) is 3.21. The SMILES string of the molecule is CC(C)[C@H](NC(=O)CN(C)S(=O)(=O)c1ccccc1)c1nnc2n1CCC2. The van der Waals surface area contributed by atoms with Gasteiger partial charge in [-0.25, -0.2) is 8.42 Å². The van der Waals surface area contributed by atoms with E-state index < -0.39 is 10.0 Å². The summed E-state index contributed by atoms with van der Waals surface area (Å²) >= 11 is 0. The van der Waals surface area contributed by atoms with Gasteiger partial charge in [0, 0.05) is 20.0 Å². The number of aryl methyl sites for hydroxylation is 1. The van der Waals surface area contributed by atoms with E-state index in [2.05, 4.69) is 20.1 Å². The number of nitrogens with zero attached hydrogens (tertiary/aromatic N) is 4. The number of aromatic nitrogens is 3. The largest absolute Gasteiger partial charge is 0.345 e. The van der Waals surface area contributed by atoms with Crippen molar-refractivity contribution in [2.24, 2.45) is 5.92 Å². The smallest absolute Gasteiger partial charge is 0.243 e. The van der Waals surface area contributed by atoms with Crippen LogP contribution < -0.4 is 5.32 Å². The molecule has 9 heteroatoms. The van der Waals surface area contributed by atoms with E-state index in [1.165, 1.54) is 19.2 Å². The number of amides is 1. The lowest BCUT2D eigenvalue weighted by Gasteiger charge is -2.23. The maximum atomic E-state index is 12.6. The zero-order valence-corrected chi connectivity index (χ0v) is 16.6. The van der Waals surface area contributed by atoms with Gasteiger partial charge in [0.2, 0.25) is 15.9 Å². The molecule has 1 aromatic heterocycles. The van der Waals surface area contributed by atoms with E-state index in [1.807, 2.05) is 13.8 Å². The van der Waals surface area contributed by atoms with Crippen LogP contribution in [0.2, 0.25) is 0 Å². The highest BCUT2D eigenvalue weighted by molar-refractivity contribution is 7.89. The normalized spacial score (nSPS) is 15.1. The zero-order chi connectivity index (χ0) is 19.6. The molecule has 146 valence electrons. The predicted molar refractivity (Wildman–Crippen MR) is 100 cm³/mol. The van der Waals surface area contributed by atoms with Crippen LogP contribution in [0.4, 0.5) is 0 Å². The van der Waals surface area contributed by atoms with Crippen LogP contribution in [0.25, 0.3) is 0 Å². The summed E-state index contributed by atoms with van der Waals surface area (Å²) in [6.45, 7) is 4.57. The predicted octanol–water partition coefficient (Wildman–Crippen LogP) is 1.36. The number of likely N-dealkylation sites (N-methyl/N-ethyl adjacent to an activating group) is 1. The first-order chi connectivity index (χ1) is 12.8.